The van der Waals surface area contributed by atoms with Gasteiger partial charge in [-0.15, -0.1) is 0 Å². The van der Waals surface area contributed by atoms with Gasteiger partial charge in [-0.2, -0.15) is 0 Å². The van der Waals surface area contributed by atoms with Crippen LogP contribution in [0.1, 0.15) is 18.6 Å². The summed E-state index contributed by atoms with van der Waals surface area (Å²) >= 11 is 0. The van der Waals surface area contributed by atoms with Crippen LogP contribution in [0.3, 0.4) is 0 Å². The molecule has 8 heteroatoms. The highest BCUT2D eigenvalue weighted by atomic mass is 32.2. The summed E-state index contributed by atoms with van der Waals surface area (Å²) in [5.74, 6) is 0.0387. The monoisotopic (exact) mass is 326 g/mol. The van der Waals surface area contributed by atoms with Crippen molar-refractivity contribution in [3.8, 4) is 0 Å². The summed E-state index contributed by atoms with van der Waals surface area (Å²) < 4.78 is 28.0. The number of nitrogens with one attached hydrogen (secondary N) is 1. The molecular formula is C14H18N2O5S. The van der Waals surface area contributed by atoms with Crippen LogP contribution < -0.4 is 5.32 Å². The Morgan fingerprint density at radius 1 is 1.45 bits per heavy atom. The van der Waals surface area contributed by atoms with E-state index in [2.05, 4.69) is 5.32 Å². The molecule has 2 atom stereocenters. The summed E-state index contributed by atoms with van der Waals surface area (Å²) in [6.07, 6.45) is 2.15. The third-order valence-corrected chi connectivity index (χ3v) is 5.86. The molecule has 1 aromatic heterocycles. The van der Waals surface area contributed by atoms with Gasteiger partial charge in [-0.05, 0) is 18.6 Å². The Morgan fingerprint density at radius 2 is 2.27 bits per heavy atom. The van der Waals surface area contributed by atoms with Crippen LogP contribution >= 0.6 is 0 Å². The Balaban J connectivity index is 1.55. The van der Waals surface area contributed by atoms with Gasteiger partial charge in [0.25, 0.3) is 0 Å². The molecule has 0 bridgehead atoms. The van der Waals surface area contributed by atoms with Crippen molar-refractivity contribution in [3.05, 3.63) is 24.2 Å². The molecule has 2 fully saturated rings. The Labute approximate surface area is 128 Å². The molecule has 0 aromatic carbocycles. The lowest BCUT2D eigenvalue weighted by Crippen LogP contribution is -2.40. The van der Waals surface area contributed by atoms with Gasteiger partial charge in [0, 0.05) is 19.0 Å². The SMILES string of the molecule is O=C(N[C@H]1CCS(=O)(=O)C1)[C@@H]1CC(=O)N(Cc2ccco2)C1. The third kappa shape index (κ3) is 3.32. The molecule has 2 amide bonds. The predicted molar refractivity (Wildman–Crippen MR) is 77.4 cm³/mol. The van der Waals surface area contributed by atoms with Crippen LogP contribution in [-0.2, 0) is 26.0 Å². The number of hydrogen-bond donors (Lipinski definition) is 1. The highest BCUT2D eigenvalue weighted by molar-refractivity contribution is 7.91. The van der Waals surface area contributed by atoms with Crippen LogP contribution in [0.15, 0.2) is 22.8 Å². The molecule has 2 aliphatic heterocycles. The molecule has 3 rings (SSSR count). The molecule has 0 radical (unpaired) electrons. The Morgan fingerprint density at radius 3 is 2.91 bits per heavy atom. The summed E-state index contributed by atoms with van der Waals surface area (Å²) in [5, 5.41) is 2.76. The third-order valence-electron chi connectivity index (χ3n) is 4.09. The van der Waals surface area contributed by atoms with Crippen molar-refractivity contribution in [2.75, 3.05) is 18.1 Å². The number of carbonyl (C=O) groups excluding carboxylic acids is 2. The van der Waals surface area contributed by atoms with E-state index in [9.17, 15) is 18.0 Å². The van der Waals surface area contributed by atoms with Crippen LogP contribution in [0.2, 0.25) is 0 Å². The second-order valence-corrected chi connectivity index (χ2v) is 8.09. The largest absolute Gasteiger partial charge is 0.467 e. The van der Waals surface area contributed by atoms with E-state index in [4.69, 9.17) is 4.42 Å². The van der Waals surface area contributed by atoms with Gasteiger partial charge in [0.15, 0.2) is 9.84 Å². The van der Waals surface area contributed by atoms with Gasteiger partial charge in [0.1, 0.15) is 5.76 Å². The molecule has 0 aliphatic carbocycles. The van der Waals surface area contributed by atoms with E-state index in [1.165, 1.54) is 0 Å². The molecule has 22 heavy (non-hydrogen) atoms. The molecule has 2 saturated heterocycles. The van der Waals surface area contributed by atoms with E-state index < -0.39 is 15.8 Å². The summed E-state index contributed by atoms with van der Waals surface area (Å²) in [6.45, 7) is 0.693. The number of carbonyl (C=O) groups is 2. The van der Waals surface area contributed by atoms with E-state index in [1.54, 1.807) is 23.3 Å². The summed E-state index contributed by atoms with van der Waals surface area (Å²) in [5.41, 5.74) is 0. The molecule has 1 aromatic rings. The molecule has 2 aliphatic rings. The Hall–Kier alpha value is -1.83. The van der Waals surface area contributed by atoms with Gasteiger partial charge in [-0.3, -0.25) is 9.59 Å². The van der Waals surface area contributed by atoms with E-state index in [0.717, 1.165) is 0 Å². The van der Waals surface area contributed by atoms with Crippen LogP contribution in [0.4, 0.5) is 0 Å². The lowest BCUT2D eigenvalue weighted by atomic mass is 10.1. The zero-order valence-electron chi connectivity index (χ0n) is 12.0. The standard InChI is InChI=1S/C14H18N2O5S/c17-13-6-10(7-16(13)8-12-2-1-4-21-12)14(18)15-11-3-5-22(19,20)9-11/h1-2,4,10-11H,3,5-9H2,(H,15,18)/t10-,11+/m1/s1. The zero-order chi connectivity index (χ0) is 15.7. The fourth-order valence-corrected chi connectivity index (χ4v) is 4.59. The molecule has 0 saturated carbocycles. The molecule has 0 unspecified atom stereocenters. The van der Waals surface area contributed by atoms with Crippen LogP contribution in [0, 0.1) is 5.92 Å². The number of furan rings is 1. The maximum Gasteiger partial charge on any atom is 0.225 e. The first-order valence-corrected chi connectivity index (χ1v) is 9.06. The average molecular weight is 326 g/mol. The lowest BCUT2D eigenvalue weighted by molar-refractivity contribution is -0.129. The van der Waals surface area contributed by atoms with Crippen molar-refractivity contribution in [1.29, 1.82) is 0 Å². The number of nitrogens with zero attached hydrogens (tertiary/aromatic N) is 1. The molecule has 0 spiro atoms. The van der Waals surface area contributed by atoms with Crippen molar-refractivity contribution in [1.82, 2.24) is 10.2 Å². The summed E-state index contributed by atoms with van der Waals surface area (Å²) in [4.78, 5) is 25.8. The minimum atomic E-state index is -3.02. The number of sulfone groups is 1. The van der Waals surface area contributed by atoms with E-state index in [0.29, 0.717) is 25.3 Å². The number of rotatable bonds is 4. The van der Waals surface area contributed by atoms with Crippen molar-refractivity contribution < 1.29 is 22.4 Å². The second-order valence-electron chi connectivity index (χ2n) is 5.86. The van der Waals surface area contributed by atoms with Gasteiger partial charge in [-0.25, -0.2) is 8.42 Å². The van der Waals surface area contributed by atoms with Crippen molar-refractivity contribution in [2.24, 2.45) is 5.92 Å². The van der Waals surface area contributed by atoms with Gasteiger partial charge in [0.05, 0.1) is 30.2 Å². The molecule has 3 heterocycles. The van der Waals surface area contributed by atoms with Gasteiger partial charge in [0.2, 0.25) is 11.8 Å². The normalized spacial score (nSPS) is 27.3. The zero-order valence-corrected chi connectivity index (χ0v) is 12.8. The van der Waals surface area contributed by atoms with Gasteiger partial charge in [-0.1, -0.05) is 0 Å². The first-order valence-electron chi connectivity index (χ1n) is 7.24. The topological polar surface area (TPSA) is 96.7 Å². The fourth-order valence-electron chi connectivity index (χ4n) is 2.92. The number of amides is 2. The quantitative estimate of drug-likeness (QED) is 0.835. The minimum absolute atomic E-state index is 0.00445. The Bertz CT molecular complexity index is 667. The van der Waals surface area contributed by atoms with E-state index in [-0.39, 0.29) is 35.8 Å². The highest BCUT2D eigenvalue weighted by Gasteiger charge is 2.37. The Kier molecular flexibility index (Phi) is 3.94. The fraction of sp³-hybridized carbons (Fsp3) is 0.571. The first-order chi connectivity index (χ1) is 10.4. The average Bonchev–Trinajstić information content (AvgIpc) is 3.13. The lowest BCUT2D eigenvalue weighted by Gasteiger charge is -2.16. The molecule has 1 N–H and O–H groups in total. The first kappa shape index (κ1) is 15.1. The molecule has 120 valence electrons. The number of hydrogen-bond acceptors (Lipinski definition) is 5. The van der Waals surface area contributed by atoms with Crippen LogP contribution in [0.25, 0.3) is 0 Å². The molecule has 7 nitrogen and oxygen atoms in total. The van der Waals surface area contributed by atoms with Crippen LogP contribution in [-0.4, -0.2) is 49.2 Å². The summed E-state index contributed by atoms with van der Waals surface area (Å²) in [6, 6.07) is 3.21. The van der Waals surface area contributed by atoms with Crippen molar-refractivity contribution in [2.45, 2.75) is 25.4 Å². The maximum absolute atomic E-state index is 12.2. The summed E-state index contributed by atoms with van der Waals surface area (Å²) in [7, 11) is -3.02. The van der Waals surface area contributed by atoms with Gasteiger partial charge < -0.3 is 14.6 Å². The van der Waals surface area contributed by atoms with Crippen molar-refractivity contribution in [3.63, 3.8) is 0 Å². The van der Waals surface area contributed by atoms with Crippen molar-refractivity contribution >= 4 is 21.7 Å². The van der Waals surface area contributed by atoms with E-state index in [1.807, 2.05) is 0 Å². The minimum Gasteiger partial charge on any atom is -0.467 e. The maximum atomic E-state index is 12.2. The predicted octanol–water partition coefficient (Wildman–Crippen LogP) is -0.0686. The smallest absolute Gasteiger partial charge is 0.225 e. The second kappa shape index (κ2) is 5.75. The molecular weight excluding hydrogens is 308 g/mol. The number of likely N-dealkylation sites (tertiary alicyclic amines) is 1. The van der Waals surface area contributed by atoms with Gasteiger partial charge >= 0.3 is 0 Å². The highest BCUT2D eigenvalue weighted by Crippen LogP contribution is 2.21. The van der Waals surface area contributed by atoms with Crippen LogP contribution in [0.5, 0.6) is 0 Å². The van der Waals surface area contributed by atoms with E-state index >= 15 is 0 Å².